The molecule has 2 aromatic rings. The zero-order valence-electron chi connectivity index (χ0n) is 18.1. The predicted octanol–water partition coefficient (Wildman–Crippen LogP) is 3.94. The van der Waals surface area contributed by atoms with Crippen LogP contribution >= 0.6 is 0 Å². The van der Waals surface area contributed by atoms with Gasteiger partial charge in [0.1, 0.15) is 5.75 Å². The minimum Gasteiger partial charge on any atom is -0.493 e. The second-order valence-corrected chi connectivity index (χ2v) is 8.37. The van der Waals surface area contributed by atoms with Crippen LogP contribution in [0.25, 0.3) is 0 Å². The number of aryl methyl sites for hydroxylation is 1. The summed E-state index contributed by atoms with van der Waals surface area (Å²) in [6, 6.07) is 16.1. The topological polar surface area (TPSA) is 58.6 Å². The van der Waals surface area contributed by atoms with E-state index in [4.69, 9.17) is 4.74 Å². The fraction of sp³-hybridized carbons (Fsp3) is 0.385. The second kappa shape index (κ2) is 8.96. The number of benzene rings is 2. The molecule has 2 aromatic carbocycles. The van der Waals surface area contributed by atoms with Crippen LogP contribution in [0.4, 0.5) is 0 Å². The van der Waals surface area contributed by atoms with Crippen LogP contribution in [0.15, 0.2) is 61.2 Å². The monoisotopic (exact) mass is 418 g/mol. The maximum Gasteiger partial charge on any atom is 0.245 e. The Labute approximate surface area is 184 Å². The highest BCUT2D eigenvalue weighted by molar-refractivity contribution is 5.90. The molecule has 1 fully saturated rings. The number of amides is 2. The van der Waals surface area contributed by atoms with Gasteiger partial charge in [0.15, 0.2) is 0 Å². The van der Waals surface area contributed by atoms with E-state index in [1.54, 1.807) is 4.90 Å². The number of piperidine rings is 1. The largest absolute Gasteiger partial charge is 0.493 e. The van der Waals surface area contributed by atoms with Gasteiger partial charge in [-0.1, -0.05) is 56.0 Å². The third-order valence-electron chi connectivity index (χ3n) is 6.69. The molecular weight excluding hydrogens is 388 g/mol. The van der Waals surface area contributed by atoms with Crippen molar-refractivity contribution in [3.63, 3.8) is 0 Å². The summed E-state index contributed by atoms with van der Waals surface area (Å²) in [5, 5.41) is 3.35. The number of ether oxygens (including phenoxy) is 1. The van der Waals surface area contributed by atoms with Crippen molar-refractivity contribution in [1.82, 2.24) is 10.2 Å². The number of likely N-dealkylation sites (tertiary alicyclic amines) is 1. The third-order valence-corrected chi connectivity index (χ3v) is 6.69. The van der Waals surface area contributed by atoms with Gasteiger partial charge in [-0.2, -0.15) is 0 Å². The van der Waals surface area contributed by atoms with Gasteiger partial charge in [0, 0.05) is 25.1 Å². The van der Waals surface area contributed by atoms with E-state index < -0.39 is 5.41 Å². The maximum atomic E-state index is 13.8. The van der Waals surface area contributed by atoms with Crippen LogP contribution in [0.1, 0.15) is 48.9 Å². The van der Waals surface area contributed by atoms with Gasteiger partial charge in [0.2, 0.25) is 11.8 Å². The first-order chi connectivity index (χ1) is 15.1. The maximum absolute atomic E-state index is 13.8. The first-order valence-electron chi connectivity index (χ1n) is 11.1. The Morgan fingerprint density at radius 1 is 1.19 bits per heavy atom. The third kappa shape index (κ3) is 4.09. The molecule has 2 aliphatic heterocycles. The van der Waals surface area contributed by atoms with Crippen LogP contribution in [0.5, 0.6) is 5.75 Å². The lowest BCUT2D eigenvalue weighted by atomic mass is 9.71. The molecule has 4 rings (SSSR count). The van der Waals surface area contributed by atoms with E-state index in [2.05, 4.69) is 31.0 Å². The Morgan fingerprint density at radius 2 is 1.94 bits per heavy atom. The van der Waals surface area contributed by atoms with Crippen LogP contribution in [0.2, 0.25) is 0 Å². The van der Waals surface area contributed by atoms with Gasteiger partial charge in [-0.15, -0.1) is 0 Å². The molecule has 0 aliphatic carbocycles. The van der Waals surface area contributed by atoms with E-state index >= 15 is 0 Å². The van der Waals surface area contributed by atoms with Crippen LogP contribution in [-0.2, 0) is 21.4 Å². The number of hydrogen-bond acceptors (Lipinski definition) is 3. The van der Waals surface area contributed by atoms with E-state index in [9.17, 15) is 9.59 Å². The molecule has 2 amide bonds. The van der Waals surface area contributed by atoms with Gasteiger partial charge < -0.3 is 15.0 Å². The molecule has 2 aliphatic rings. The average molecular weight is 419 g/mol. The molecule has 5 heteroatoms. The molecule has 162 valence electrons. The molecule has 2 heterocycles. The van der Waals surface area contributed by atoms with Crippen LogP contribution < -0.4 is 10.1 Å². The van der Waals surface area contributed by atoms with E-state index in [0.717, 1.165) is 29.7 Å². The summed E-state index contributed by atoms with van der Waals surface area (Å²) in [5.41, 5.74) is 2.65. The molecule has 1 saturated heterocycles. The number of rotatable bonds is 5. The molecule has 0 unspecified atom stereocenters. The lowest BCUT2D eigenvalue weighted by molar-refractivity contribution is -0.134. The van der Waals surface area contributed by atoms with E-state index in [0.29, 0.717) is 32.5 Å². The minimum atomic E-state index is -0.653. The number of nitrogens with zero attached hydrogens (tertiary/aromatic N) is 1. The predicted molar refractivity (Wildman–Crippen MR) is 121 cm³/mol. The van der Waals surface area contributed by atoms with Crippen molar-refractivity contribution in [3.05, 3.63) is 77.9 Å². The number of carbonyl (C=O) groups is 2. The normalized spacial score (nSPS) is 19.6. The van der Waals surface area contributed by atoms with Gasteiger partial charge in [0.05, 0.1) is 18.1 Å². The van der Waals surface area contributed by atoms with Crippen LogP contribution in [0.3, 0.4) is 0 Å². The van der Waals surface area contributed by atoms with Crippen molar-refractivity contribution in [2.45, 2.75) is 44.1 Å². The van der Waals surface area contributed by atoms with Crippen molar-refractivity contribution in [1.29, 1.82) is 0 Å². The minimum absolute atomic E-state index is 0.0316. The summed E-state index contributed by atoms with van der Waals surface area (Å²) in [4.78, 5) is 27.7. The summed E-state index contributed by atoms with van der Waals surface area (Å²) >= 11 is 0. The van der Waals surface area contributed by atoms with E-state index in [-0.39, 0.29) is 17.9 Å². The number of nitrogens with one attached hydrogen (secondary N) is 1. The highest BCUT2D eigenvalue weighted by Crippen LogP contribution is 2.39. The number of hydrogen-bond donors (Lipinski definition) is 1. The first-order valence-corrected chi connectivity index (χ1v) is 11.1. The summed E-state index contributed by atoms with van der Waals surface area (Å²) in [5.74, 6) is 0.811. The number of carbonyl (C=O) groups excluding carboxylic acids is 2. The van der Waals surface area contributed by atoms with E-state index in [1.165, 1.54) is 11.6 Å². The van der Waals surface area contributed by atoms with Crippen molar-refractivity contribution in [2.24, 2.45) is 0 Å². The molecular formula is C26H30N2O3. The smallest absolute Gasteiger partial charge is 0.245 e. The Bertz CT molecular complexity index is 962. The highest BCUT2D eigenvalue weighted by Gasteiger charge is 2.44. The van der Waals surface area contributed by atoms with E-state index in [1.807, 2.05) is 36.4 Å². The Hall–Kier alpha value is -3.08. The molecule has 1 atom stereocenters. The number of fused-ring (bicyclic) bond motifs is 1. The molecule has 0 spiro atoms. The highest BCUT2D eigenvalue weighted by atomic mass is 16.5. The standard InChI is InChI=1S/C26H30N2O3/c1-3-19-10-11-23-21(18-19)22(12-17-31-23)27-25(30)26(20-8-6-5-7-9-20)13-15-28(16-14-26)24(29)4-2/h4-11,18,22H,2-3,12-17H2,1H3,(H,27,30)/t22-/m0/s1. The lowest BCUT2D eigenvalue weighted by Gasteiger charge is -2.42. The first kappa shape index (κ1) is 21.2. The summed E-state index contributed by atoms with van der Waals surface area (Å²) in [6.45, 7) is 7.39. The summed E-state index contributed by atoms with van der Waals surface area (Å²) in [7, 11) is 0. The average Bonchev–Trinajstić information content (AvgIpc) is 2.84. The van der Waals surface area contributed by atoms with Crippen molar-refractivity contribution in [3.8, 4) is 5.75 Å². The Morgan fingerprint density at radius 3 is 2.61 bits per heavy atom. The SMILES string of the molecule is C=CC(=O)N1CCC(C(=O)N[C@H]2CCOc3ccc(CC)cc32)(c2ccccc2)CC1. The molecule has 1 N–H and O–H groups in total. The fourth-order valence-electron chi connectivity index (χ4n) is 4.75. The zero-order valence-corrected chi connectivity index (χ0v) is 18.1. The molecule has 5 nitrogen and oxygen atoms in total. The molecule has 0 bridgehead atoms. The fourth-order valence-corrected chi connectivity index (χ4v) is 4.75. The summed E-state index contributed by atoms with van der Waals surface area (Å²) < 4.78 is 5.84. The lowest BCUT2D eigenvalue weighted by Crippen LogP contribution is -2.53. The summed E-state index contributed by atoms with van der Waals surface area (Å²) in [6.07, 6.45) is 4.22. The molecule has 0 saturated carbocycles. The quantitative estimate of drug-likeness (QED) is 0.749. The van der Waals surface area contributed by atoms with Gasteiger partial charge >= 0.3 is 0 Å². The molecule has 31 heavy (non-hydrogen) atoms. The van der Waals surface area contributed by atoms with Crippen LogP contribution in [-0.4, -0.2) is 36.4 Å². The Balaban J connectivity index is 1.61. The van der Waals surface area contributed by atoms with Crippen LogP contribution in [0, 0.1) is 0 Å². The second-order valence-electron chi connectivity index (χ2n) is 8.37. The van der Waals surface area contributed by atoms with Crippen molar-refractivity contribution in [2.75, 3.05) is 19.7 Å². The van der Waals surface area contributed by atoms with Gasteiger partial charge in [0.25, 0.3) is 0 Å². The molecule has 0 radical (unpaired) electrons. The Kier molecular flexibility index (Phi) is 6.12. The van der Waals surface area contributed by atoms with Gasteiger partial charge in [-0.05, 0) is 42.5 Å². The zero-order chi connectivity index (χ0) is 21.8. The van der Waals surface area contributed by atoms with Crippen molar-refractivity contribution >= 4 is 11.8 Å². The van der Waals surface area contributed by atoms with Gasteiger partial charge in [-0.3, -0.25) is 9.59 Å². The van der Waals surface area contributed by atoms with Gasteiger partial charge in [-0.25, -0.2) is 0 Å². The molecule has 0 aromatic heterocycles. The van der Waals surface area contributed by atoms with Crippen molar-refractivity contribution < 1.29 is 14.3 Å².